The van der Waals surface area contributed by atoms with Crippen LogP contribution in [0.15, 0.2) is 30.3 Å². The molecule has 0 bridgehead atoms. The molecular weight excluding hydrogens is 220 g/mol. The monoisotopic (exact) mass is 244 g/mol. The molecule has 1 heterocycles. The molecule has 0 aromatic heterocycles. The number of rotatable bonds is 2. The standard InChI is InChI=1S/C16H24N2/c1-13(14-7-3-2-4-8-14)18-12-11-17-15-9-5-6-10-16(15)18/h2-4,7-8,13,15-17H,5-6,9-12H2,1H3/t13-,15+,16-/m1/s1. The quantitative estimate of drug-likeness (QED) is 0.860. The lowest BCUT2D eigenvalue weighted by Gasteiger charge is -2.47. The molecule has 0 radical (unpaired) electrons. The molecule has 2 nitrogen and oxygen atoms in total. The van der Waals surface area contributed by atoms with Crippen molar-refractivity contribution in [2.75, 3.05) is 13.1 Å². The summed E-state index contributed by atoms with van der Waals surface area (Å²) in [5.41, 5.74) is 1.46. The Morgan fingerprint density at radius 2 is 1.94 bits per heavy atom. The molecule has 2 fully saturated rings. The molecule has 1 aliphatic carbocycles. The molecule has 2 heteroatoms. The summed E-state index contributed by atoms with van der Waals surface area (Å²) in [4.78, 5) is 2.73. The fourth-order valence-corrected chi connectivity index (χ4v) is 3.70. The number of fused-ring (bicyclic) bond motifs is 1. The molecular formula is C16H24N2. The van der Waals surface area contributed by atoms with E-state index in [4.69, 9.17) is 0 Å². The summed E-state index contributed by atoms with van der Waals surface area (Å²) in [6.07, 6.45) is 5.54. The molecule has 3 rings (SSSR count). The van der Waals surface area contributed by atoms with Crippen molar-refractivity contribution in [2.24, 2.45) is 0 Å². The van der Waals surface area contributed by atoms with Gasteiger partial charge in [0.1, 0.15) is 0 Å². The van der Waals surface area contributed by atoms with Crippen molar-refractivity contribution in [2.45, 2.75) is 50.7 Å². The Balaban J connectivity index is 1.77. The molecule has 98 valence electrons. The van der Waals surface area contributed by atoms with Crippen LogP contribution in [0.3, 0.4) is 0 Å². The molecule has 1 N–H and O–H groups in total. The minimum atomic E-state index is 0.555. The van der Waals surface area contributed by atoms with Crippen LogP contribution in [0.5, 0.6) is 0 Å². The van der Waals surface area contributed by atoms with Crippen molar-refractivity contribution < 1.29 is 0 Å². The molecule has 0 unspecified atom stereocenters. The molecule has 1 saturated carbocycles. The first-order valence-electron chi connectivity index (χ1n) is 7.40. The van der Waals surface area contributed by atoms with E-state index in [-0.39, 0.29) is 0 Å². The van der Waals surface area contributed by atoms with Crippen LogP contribution in [0.1, 0.15) is 44.2 Å². The lowest BCUT2D eigenvalue weighted by Crippen LogP contribution is -2.59. The second-order valence-corrected chi connectivity index (χ2v) is 5.74. The van der Waals surface area contributed by atoms with E-state index in [1.807, 2.05) is 0 Å². The minimum absolute atomic E-state index is 0.555. The third kappa shape index (κ3) is 2.32. The van der Waals surface area contributed by atoms with Crippen LogP contribution < -0.4 is 5.32 Å². The van der Waals surface area contributed by atoms with Crippen molar-refractivity contribution in [3.63, 3.8) is 0 Å². The van der Waals surface area contributed by atoms with E-state index >= 15 is 0 Å². The average Bonchev–Trinajstić information content (AvgIpc) is 2.47. The van der Waals surface area contributed by atoms with Gasteiger partial charge in [0.2, 0.25) is 0 Å². The van der Waals surface area contributed by atoms with Gasteiger partial charge >= 0.3 is 0 Å². The first-order valence-corrected chi connectivity index (χ1v) is 7.40. The smallest absolute Gasteiger partial charge is 0.0324 e. The van der Waals surface area contributed by atoms with Gasteiger partial charge in [0.05, 0.1) is 0 Å². The maximum atomic E-state index is 3.72. The molecule has 0 spiro atoms. The number of nitrogens with zero attached hydrogens (tertiary/aromatic N) is 1. The minimum Gasteiger partial charge on any atom is -0.311 e. The van der Waals surface area contributed by atoms with E-state index in [2.05, 4.69) is 47.5 Å². The van der Waals surface area contributed by atoms with E-state index in [9.17, 15) is 0 Å². The van der Waals surface area contributed by atoms with Gasteiger partial charge in [-0.2, -0.15) is 0 Å². The number of nitrogens with one attached hydrogen (secondary N) is 1. The zero-order valence-electron chi connectivity index (χ0n) is 11.3. The highest BCUT2D eigenvalue weighted by molar-refractivity contribution is 5.19. The normalized spacial score (nSPS) is 30.7. The van der Waals surface area contributed by atoms with Crippen LogP contribution in [-0.4, -0.2) is 30.1 Å². The maximum absolute atomic E-state index is 3.72. The first-order chi connectivity index (χ1) is 8.86. The van der Waals surface area contributed by atoms with Gasteiger partial charge in [-0.3, -0.25) is 4.90 Å². The molecule has 3 atom stereocenters. The third-order valence-electron chi connectivity index (χ3n) is 4.71. The molecule has 1 aromatic rings. The van der Waals surface area contributed by atoms with E-state index < -0.39 is 0 Å². The topological polar surface area (TPSA) is 15.3 Å². The predicted molar refractivity (Wildman–Crippen MR) is 75.6 cm³/mol. The van der Waals surface area contributed by atoms with Gasteiger partial charge in [-0.15, -0.1) is 0 Å². The van der Waals surface area contributed by atoms with Gasteiger partial charge in [0.25, 0.3) is 0 Å². The lowest BCUT2D eigenvalue weighted by atomic mass is 9.86. The molecule has 2 aliphatic rings. The number of hydrogen-bond acceptors (Lipinski definition) is 2. The van der Waals surface area contributed by atoms with Crippen molar-refractivity contribution in [3.8, 4) is 0 Å². The van der Waals surface area contributed by atoms with Crippen LogP contribution in [0, 0.1) is 0 Å². The zero-order valence-corrected chi connectivity index (χ0v) is 11.3. The predicted octanol–water partition coefficient (Wildman–Crippen LogP) is 2.96. The van der Waals surface area contributed by atoms with Gasteiger partial charge in [0.15, 0.2) is 0 Å². The SMILES string of the molecule is C[C@H](c1ccccc1)N1CCN[C@H]2CCCC[C@H]21. The largest absolute Gasteiger partial charge is 0.311 e. The second-order valence-electron chi connectivity index (χ2n) is 5.74. The van der Waals surface area contributed by atoms with Crippen LogP contribution in [-0.2, 0) is 0 Å². The molecule has 1 aromatic carbocycles. The van der Waals surface area contributed by atoms with Crippen molar-refractivity contribution in [1.29, 1.82) is 0 Å². The van der Waals surface area contributed by atoms with Gasteiger partial charge in [-0.05, 0) is 25.3 Å². The van der Waals surface area contributed by atoms with Crippen molar-refractivity contribution >= 4 is 0 Å². The van der Waals surface area contributed by atoms with Gasteiger partial charge < -0.3 is 5.32 Å². The number of benzene rings is 1. The molecule has 1 aliphatic heterocycles. The van der Waals surface area contributed by atoms with Gasteiger partial charge in [-0.1, -0.05) is 43.2 Å². The Hall–Kier alpha value is -0.860. The van der Waals surface area contributed by atoms with E-state index in [1.165, 1.54) is 37.8 Å². The van der Waals surface area contributed by atoms with Crippen molar-refractivity contribution in [1.82, 2.24) is 10.2 Å². The Kier molecular flexibility index (Phi) is 3.67. The number of piperazine rings is 1. The summed E-state index contributed by atoms with van der Waals surface area (Å²) in [6.45, 7) is 4.71. The molecule has 18 heavy (non-hydrogen) atoms. The highest BCUT2D eigenvalue weighted by Crippen LogP contribution is 2.31. The Morgan fingerprint density at radius 3 is 2.78 bits per heavy atom. The van der Waals surface area contributed by atoms with Crippen LogP contribution in [0.2, 0.25) is 0 Å². The highest BCUT2D eigenvalue weighted by atomic mass is 15.3. The fourth-order valence-electron chi connectivity index (χ4n) is 3.70. The summed E-state index contributed by atoms with van der Waals surface area (Å²) >= 11 is 0. The molecule has 0 amide bonds. The summed E-state index contributed by atoms with van der Waals surface area (Å²) < 4.78 is 0. The van der Waals surface area contributed by atoms with E-state index in [0.717, 1.165) is 18.6 Å². The van der Waals surface area contributed by atoms with E-state index in [1.54, 1.807) is 0 Å². The maximum Gasteiger partial charge on any atom is 0.0324 e. The summed E-state index contributed by atoms with van der Waals surface area (Å²) in [7, 11) is 0. The van der Waals surface area contributed by atoms with E-state index in [0.29, 0.717) is 6.04 Å². The number of hydrogen-bond donors (Lipinski definition) is 1. The highest BCUT2D eigenvalue weighted by Gasteiger charge is 2.35. The Morgan fingerprint density at radius 1 is 1.17 bits per heavy atom. The van der Waals surface area contributed by atoms with Crippen LogP contribution >= 0.6 is 0 Å². The zero-order chi connectivity index (χ0) is 12.4. The fraction of sp³-hybridized carbons (Fsp3) is 0.625. The summed E-state index contributed by atoms with van der Waals surface area (Å²) in [5, 5.41) is 3.72. The first kappa shape index (κ1) is 12.2. The average molecular weight is 244 g/mol. The Labute approximate surface area is 110 Å². The van der Waals surface area contributed by atoms with Crippen molar-refractivity contribution in [3.05, 3.63) is 35.9 Å². The van der Waals surface area contributed by atoms with Crippen LogP contribution in [0.25, 0.3) is 0 Å². The third-order valence-corrected chi connectivity index (χ3v) is 4.71. The Bertz CT molecular complexity index is 374. The van der Waals surface area contributed by atoms with Crippen LogP contribution in [0.4, 0.5) is 0 Å². The lowest BCUT2D eigenvalue weighted by molar-refractivity contribution is 0.0550. The summed E-state index contributed by atoms with van der Waals surface area (Å²) in [5.74, 6) is 0. The summed E-state index contributed by atoms with van der Waals surface area (Å²) in [6, 6.07) is 13.0. The molecule has 1 saturated heterocycles. The second kappa shape index (κ2) is 5.41. The van der Waals surface area contributed by atoms with Gasteiger partial charge in [0, 0.05) is 31.2 Å². The van der Waals surface area contributed by atoms with Gasteiger partial charge in [-0.25, -0.2) is 0 Å².